The number of hydrogen-bond donors (Lipinski definition) is 2. The van der Waals surface area contributed by atoms with Gasteiger partial charge in [0.05, 0.1) is 0 Å². The number of thiazole rings is 1. The monoisotopic (exact) mass is 327 g/mol. The third-order valence-corrected chi connectivity index (χ3v) is 6.27. The summed E-state index contributed by atoms with van der Waals surface area (Å²) in [6.45, 7) is 0.297. The first-order valence-electron chi connectivity index (χ1n) is 7.67. The van der Waals surface area contributed by atoms with E-state index in [1.54, 1.807) is 4.57 Å². The molecule has 4 saturated carbocycles. The van der Waals surface area contributed by atoms with Crippen molar-refractivity contribution in [3.63, 3.8) is 0 Å². The van der Waals surface area contributed by atoms with Crippen molar-refractivity contribution in [3.8, 4) is 0 Å². The van der Waals surface area contributed by atoms with E-state index in [2.05, 4.69) is 5.32 Å². The third-order valence-electron chi connectivity index (χ3n) is 5.55. The fourth-order valence-corrected chi connectivity index (χ4v) is 5.57. The number of hydrogen-bond acceptors (Lipinski definition) is 3. The summed E-state index contributed by atoms with van der Waals surface area (Å²) in [5, 5.41) is 12.9. The smallest absolute Gasteiger partial charge is 0.240 e. The van der Waals surface area contributed by atoms with E-state index < -0.39 is 0 Å². The van der Waals surface area contributed by atoms with Crippen molar-refractivity contribution in [1.82, 2.24) is 9.88 Å². The van der Waals surface area contributed by atoms with Gasteiger partial charge in [0.2, 0.25) is 5.91 Å². The molecule has 0 unspecified atom stereocenters. The Morgan fingerprint density at radius 3 is 2.38 bits per heavy atom. The highest BCUT2D eigenvalue weighted by Crippen LogP contribution is 2.53. The fraction of sp³-hybridized carbons (Fsp3) is 0.733. The van der Waals surface area contributed by atoms with E-state index in [0.29, 0.717) is 17.4 Å². The number of rotatable bonds is 3. The van der Waals surface area contributed by atoms with Crippen LogP contribution >= 0.6 is 23.7 Å². The zero-order valence-corrected chi connectivity index (χ0v) is 13.6. The minimum atomic E-state index is 0. The van der Waals surface area contributed by atoms with Crippen LogP contribution in [0.1, 0.15) is 32.1 Å². The van der Waals surface area contributed by atoms with Crippen LogP contribution in [-0.4, -0.2) is 16.5 Å². The minimum Gasteiger partial charge on any atom is -0.351 e. The molecular weight excluding hydrogens is 306 g/mol. The van der Waals surface area contributed by atoms with Gasteiger partial charge < -0.3 is 9.88 Å². The number of amides is 1. The lowest BCUT2D eigenvalue weighted by Gasteiger charge is -2.54. The molecule has 0 atom stereocenters. The van der Waals surface area contributed by atoms with Crippen LogP contribution in [0.25, 0.3) is 0 Å². The maximum Gasteiger partial charge on any atom is 0.240 e. The number of aromatic nitrogens is 1. The summed E-state index contributed by atoms with van der Waals surface area (Å²) < 4.78 is 1.72. The van der Waals surface area contributed by atoms with Crippen LogP contribution in [0, 0.1) is 29.1 Å². The van der Waals surface area contributed by atoms with Gasteiger partial charge in [0.15, 0.2) is 4.80 Å². The maximum atomic E-state index is 12.2. The number of nitrogens with zero attached hydrogens (tertiary/aromatic N) is 1. The topological polar surface area (TPSA) is 57.9 Å². The first kappa shape index (κ1) is 15.1. The van der Waals surface area contributed by atoms with Crippen molar-refractivity contribution in [2.24, 2.45) is 23.7 Å². The largest absolute Gasteiger partial charge is 0.351 e. The molecule has 1 aromatic heterocycles. The molecule has 4 aliphatic carbocycles. The first-order chi connectivity index (χ1) is 9.69. The molecule has 0 aromatic carbocycles. The van der Waals surface area contributed by atoms with Crippen LogP contribution in [0.4, 0.5) is 0 Å². The average Bonchev–Trinajstić information content (AvgIpc) is 2.79. The molecule has 0 saturated heterocycles. The molecule has 0 radical (unpaired) electrons. The molecule has 4 fully saturated rings. The molecule has 0 aliphatic heterocycles. The maximum absolute atomic E-state index is 12.2. The summed E-state index contributed by atoms with van der Waals surface area (Å²) in [5.41, 5.74) is 0. The Hall–Kier alpha value is -0.810. The molecule has 2 N–H and O–H groups in total. The van der Waals surface area contributed by atoms with Crippen LogP contribution in [-0.2, 0) is 11.3 Å². The van der Waals surface area contributed by atoms with E-state index >= 15 is 0 Å². The number of nitrogens with one attached hydrogen (secondary N) is 2. The summed E-state index contributed by atoms with van der Waals surface area (Å²) in [6.07, 6.45) is 8.57. The van der Waals surface area contributed by atoms with Gasteiger partial charge >= 0.3 is 0 Å². The molecule has 1 amide bonds. The highest BCUT2D eigenvalue weighted by atomic mass is 35.5. The van der Waals surface area contributed by atoms with E-state index in [1.807, 2.05) is 11.6 Å². The Labute approximate surface area is 134 Å². The van der Waals surface area contributed by atoms with Gasteiger partial charge in [-0.2, -0.15) is 0 Å². The van der Waals surface area contributed by atoms with Gasteiger partial charge in [0.25, 0.3) is 0 Å². The lowest BCUT2D eigenvalue weighted by Crippen LogP contribution is -2.56. The van der Waals surface area contributed by atoms with Gasteiger partial charge in [-0.05, 0) is 55.8 Å². The van der Waals surface area contributed by atoms with Gasteiger partial charge in [-0.25, -0.2) is 0 Å². The Balaban J connectivity index is 0.00000132. The molecule has 5 rings (SSSR count). The Kier molecular flexibility index (Phi) is 4.14. The summed E-state index contributed by atoms with van der Waals surface area (Å²) in [4.78, 5) is 12.7. The Bertz CT molecular complexity index is 553. The normalized spacial score (nSPS) is 36.3. The molecule has 6 heteroatoms. The number of carbonyl (C=O) groups is 1. The van der Waals surface area contributed by atoms with E-state index in [1.165, 1.54) is 43.4 Å². The van der Waals surface area contributed by atoms with Crippen LogP contribution < -0.4 is 10.1 Å². The molecule has 0 spiro atoms. The second-order valence-electron chi connectivity index (χ2n) is 6.86. The van der Waals surface area contributed by atoms with E-state index in [9.17, 15) is 4.79 Å². The highest BCUT2D eigenvalue weighted by Gasteiger charge is 2.48. The van der Waals surface area contributed by atoms with Crippen molar-refractivity contribution >= 4 is 29.7 Å². The second-order valence-corrected chi connectivity index (χ2v) is 7.75. The summed E-state index contributed by atoms with van der Waals surface area (Å²) in [5.74, 6) is 3.41. The van der Waals surface area contributed by atoms with Crippen LogP contribution in [0.5, 0.6) is 0 Å². The number of halogens is 1. The second kappa shape index (κ2) is 5.76. The predicted molar refractivity (Wildman–Crippen MR) is 84.4 cm³/mol. The summed E-state index contributed by atoms with van der Waals surface area (Å²) in [7, 11) is 0. The van der Waals surface area contributed by atoms with Crippen molar-refractivity contribution in [1.29, 1.82) is 5.41 Å². The molecule has 21 heavy (non-hydrogen) atoms. The van der Waals surface area contributed by atoms with E-state index in [4.69, 9.17) is 5.41 Å². The van der Waals surface area contributed by atoms with Gasteiger partial charge in [0, 0.05) is 17.6 Å². The average molecular weight is 328 g/mol. The zero-order valence-electron chi connectivity index (χ0n) is 12.0. The lowest BCUT2D eigenvalue weighted by atomic mass is 9.54. The van der Waals surface area contributed by atoms with Crippen LogP contribution in [0.3, 0.4) is 0 Å². The number of carbonyl (C=O) groups excluding carboxylic acids is 1. The van der Waals surface area contributed by atoms with Crippen molar-refractivity contribution in [2.75, 3.05) is 0 Å². The predicted octanol–water partition coefficient (Wildman–Crippen LogP) is 2.39. The van der Waals surface area contributed by atoms with Crippen LogP contribution in [0.2, 0.25) is 0 Å². The van der Waals surface area contributed by atoms with E-state index in [0.717, 1.165) is 23.7 Å². The molecule has 4 bridgehead atoms. The van der Waals surface area contributed by atoms with Crippen LogP contribution in [0.15, 0.2) is 11.6 Å². The molecule has 116 valence electrons. The van der Waals surface area contributed by atoms with Gasteiger partial charge in [-0.3, -0.25) is 10.2 Å². The quantitative estimate of drug-likeness (QED) is 0.880. The molecule has 4 nitrogen and oxygen atoms in total. The molecule has 1 aromatic rings. The summed E-state index contributed by atoms with van der Waals surface area (Å²) in [6, 6.07) is 0.406. The van der Waals surface area contributed by atoms with E-state index in [-0.39, 0.29) is 18.3 Å². The fourth-order valence-electron chi connectivity index (χ4n) is 4.98. The van der Waals surface area contributed by atoms with Gasteiger partial charge in [0.1, 0.15) is 6.54 Å². The van der Waals surface area contributed by atoms with Gasteiger partial charge in [-0.15, -0.1) is 23.7 Å². The Morgan fingerprint density at radius 2 is 1.86 bits per heavy atom. The first-order valence-corrected chi connectivity index (χ1v) is 8.55. The summed E-state index contributed by atoms with van der Waals surface area (Å²) >= 11 is 1.36. The van der Waals surface area contributed by atoms with Crippen molar-refractivity contribution in [2.45, 2.75) is 44.7 Å². The van der Waals surface area contributed by atoms with Crippen molar-refractivity contribution < 1.29 is 4.79 Å². The molecule has 1 heterocycles. The third kappa shape index (κ3) is 2.78. The highest BCUT2D eigenvalue weighted by molar-refractivity contribution is 7.06. The molecule has 4 aliphatic rings. The lowest BCUT2D eigenvalue weighted by molar-refractivity contribution is -0.125. The zero-order chi connectivity index (χ0) is 13.7. The Morgan fingerprint density at radius 1 is 1.24 bits per heavy atom. The SMILES string of the molecule is Cl.N=c1sccn1CC(=O)NC1C2CC3CC(C2)CC1C3. The standard InChI is InChI=1S/C15H21N3OS.ClH/c16-15-18(1-2-20-15)8-13(19)17-14-11-4-9-3-10(6-11)7-12(14)5-9;/h1-2,9-12,14,16H,3-8H2,(H,17,19);1H. The van der Waals surface area contributed by atoms with Gasteiger partial charge in [-0.1, -0.05) is 0 Å². The van der Waals surface area contributed by atoms with Crippen molar-refractivity contribution in [3.05, 3.63) is 16.4 Å². The molecular formula is C15H22ClN3OS. The minimum absolute atomic E-state index is 0.